The van der Waals surface area contributed by atoms with Crippen LogP contribution in [0.1, 0.15) is 53.6 Å². The van der Waals surface area contributed by atoms with Gasteiger partial charge >= 0.3 is 6.36 Å². The first-order chi connectivity index (χ1) is 19.0. The average Bonchev–Trinajstić information content (AvgIpc) is 3.61. The van der Waals surface area contributed by atoms with Gasteiger partial charge in [-0.1, -0.05) is 18.2 Å². The smallest absolute Gasteiger partial charge is 0.481 e. The number of halogens is 3. The highest BCUT2D eigenvalue weighted by Crippen LogP contribution is 2.32. The number of pyridine rings is 1. The van der Waals surface area contributed by atoms with E-state index >= 15 is 0 Å². The lowest BCUT2D eigenvalue weighted by molar-refractivity contribution is -0.274. The van der Waals surface area contributed by atoms with E-state index in [0.717, 1.165) is 18.9 Å². The number of hydrogen-bond donors (Lipinski definition) is 3. The van der Waals surface area contributed by atoms with Crippen LogP contribution in [0.15, 0.2) is 54.7 Å². The maximum atomic E-state index is 13.1. The number of aromatic nitrogens is 3. The summed E-state index contributed by atoms with van der Waals surface area (Å²) in [4.78, 5) is 29.8. The van der Waals surface area contributed by atoms with Gasteiger partial charge in [0.25, 0.3) is 11.8 Å². The Hall–Kier alpha value is -4.61. The topological polar surface area (TPSA) is 118 Å². The zero-order chi connectivity index (χ0) is 28.6. The zero-order valence-corrected chi connectivity index (χ0v) is 20.8. The number of aromatic amines is 1. The molecule has 0 saturated heterocycles. The summed E-state index contributed by atoms with van der Waals surface area (Å²) in [7, 11) is 1.39. The van der Waals surface area contributed by atoms with E-state index in [2.05, 4.69) is 30.6 Å². The summed E-state index contributed by atoms with van der Waals surface area (Å²) >= 11 is 0. The third-order valence-electron chi connectivity index (χ3n) is 6.18. The Morgan fingerprint density at radius 3 is 2.67 bits per heavy atom. The molecule has 0 bridgehead atoms. The molecule has 1 fully saturated rings. The van der Waals surface area contributed by atoms with Crippen LogP contribution in [0.4, 0.5) is 13.2 Å². The SMILES string of the molecule is [2H]c1nc(OC)c(-c2ccc3c(C(=O)NC4CC4)n[nH]c3c2)cc1C(=O)N[C@H](C)c1cccc(OC(F)(F)F)c1. The molecule has 39 heavy (non-hydrogen) atoms. The first-order valence-corrected chi connectivity index (χ1v) is 12.0. The van der Waals surface area contributed by atoms with Gasteiger partial charge in [0.15, 0.2) is 5.69 Å². The predicted molar refractivity (Wildman–Crippen MR) is 135 cm³/mol. The number of rotatable bonds is 8. The van der Waals surface area contributed by atoms with Crippen molar-refractivity contribution in [3.63, 3.8) is 0 Å². The number of methoxy groups -OCH3 is 1. The van der Waals surface area contributed by atoms with Gasteiger partial charge in [0.05, 0.1) is 25.6 Å². The third kappa shape index (κ3) is 5.95. The van der Waals surface area contributed by atoms with Crippen molar-refractivity contribution >= 4 is 22.7 Å². The van der Waals surface area contributed by atoms with Gasteiger partial charge in [-0.05, 0) is 61.2 Å². The van der Waals surface area contributed by atoms with Gasteiger partial charge in [-0.3, -0.25) is 14.7 Å². The number of hydrogen-bond acceptors (Lipinski definition) is 6. The molecule has 9 nitrogen and oxygen atoms in total. The Balaban J connectivity index is 1.41. The zero-order valence-electron chi connectivity index (χ0n) is 21.8. The average molecular weight is 541 g/mol. The van der Waals surface area contributed by atoms with Crippen LogP contribution in [-0.2, 0) is 0 Å². The second-order valence-corrected chi connectivity index (χ2v) is 9.10. The lowest BCUT2D eigenvalue weighted by Gasteiger charge is -2.17. The number of nitrogens with zero attached hydrogens (tertiary/aromatic N) is 2. The number of H-pyrrole nitrogens is 1. The maximum Gasteiger partial charge on any atom is 0.573 e. The van der Waals surface area contributed by atoms with E-state index in [1.54, 1.807) is 31.2 Å². The molecule has 4 aromatic rings. The molecule has 0 spiro atoms. The fraction of sp³-hybridized carbons (Fsp3) is 0.259. The summed E-state index contributed by atoms with van der Waals surface area (Å²) in [6.45, 7) is 1.59. The van der Waals surface area contributed by atoms with Gasteiger partial charge in [-0.15, -0.1) is 13.2 Å². The van der Waals surface area contributed by atoms with Gasteiger partial charge in [-0.25, -0.2) is 4.98 Å². The van der Waals surface area contributed by atoms with Gasteiger partial charge < -0.3 is 20.1 Å². The van der Waals surface area contributed by atoms with Crippen LogP contribution < -0.4 is 20.1 Å². The lowest BCUT2D eigenvalue weighted by Crippen LogP contribution is -2.27. The molecule has 2 aromatic heterocycles. The Kier molecular flexibility index (Phi) is 6.51. The van der Waals surface area contributed by atoms with E-state index in [1.165, 1.54) is 25.3 Å². The Bertz CT molecular complexity index is 1600. The molecule has 0 aliphatic heterocycles. The summed E-state index contributed by atoms with van der Waals surface area (Å²) in [5.41, 5.74) is 2.16. The molecule has 1 saturated carbocycles. The van der Waals surface area contributed by atoms with Gasteiger partial charge in [0, 0.05) is 23.2 Å². The van der Waals surface area contributed by atoms with Crippen LogP contribution in [-0.4, -0.2) is 46.5 Å². The number of benzene rings is 2. The van der Waals surface area contributed by atoms with Crippen LogP contribution in [0.2, 0.25) is 0 Å². The van der Waals surface area contributed by atoms with Crippen LogP contribution in [0.3, 0.4) is 0 Å². The Morgan fingerprint density at radius 1 is 1.15 bits per heavy atom. The van der Waals surface area contributed by atoms with E-state index < -0.39 is 24.1 Å². The largest absolute Gasteiger partial charge is 0.573 e. The quantitative estimate of drug-likeness (QED) is 0.292. The first-order valence-electron chi connectivity index (χ1n) is 12.5. The number of carbonyl (C=O) groups is 2. The molecule has 2 amide bonds. The molecule has 0 radical (unpaired) electrons. The van der Waals surface area contributed by atoms with Crippen molar-refractivity contribution in [2.24, 2.45) is 0 Å². The fourth-order valence-corrected chi connectivity index (χ4v) is 4.07. The Labute approximate surface area is 222 Å². The Morgan fingerprint density at radius 2 is 1.95 bits per heavy atom. The molecule has 2 aromatic carbocycles. The number of amides is 2. The van der Waals surface area contributed by atoms with E-state index in [1.807, 2.05) is 0 Å². The number of ether oxygens (including phenoxy) is 2. The molecule has 1 atom stereocenters. The highest BCUT2D eigenvalue weighted by Gasteiger charge is 2.31. The molecule has 3 N–H and O–H groups in total. The van der Waals surface area contributed by atoms with Crippen molar-refractivity contribution in [3.05, 3.63) is 71.5 Å². The highest BCUT2D eigenvalue weighted by molar-refractivity contribution is 6.05. The number of alkyl halides is 3. The van der Waals surface area contributed by atoms with Crippen LogP contribution in [0.25, 0.3) is 22.0 Å². The summed E-state index contributed by atoms with van der Waals surface area (Å²) in [5, 5.41) is 13.2. The lowest BCUT2D eigenvalue weighted by atomic mass is 10.0. The molecule has 2 heterocycles. The fourth-order valence-electron chi connectivity index (χ4n) is 4.07. The van der Waals surface area contributed by atoms with Crippen molar-refractivity contribution in [3.8, 4) is 22.8 Å². The first kappa shape index (κ1) is 24.7. The van der Waals surface area contributed by atoms with Crippen molar-refractivity contribution in [1.82, 2.24) is 25.8 Å². The van der Waals surface area contributed by atoms with E-state index in [9.17, 15) is 22.8 Å². The summed E-state index contributed by atoms with van der Waals surface area (Å²) < 4.78 is 55.4. The molecule has 5 rings (SSSR count). The number of nitrogens with one attached hydrogen (secondary N) is 3. The van der Waals surface area contributed by atoms with E-state index in [4.69, 9.17) is 6.11 Å². The van der Waals surface area contributed by atoms with Gasteiger partial charge in [-0.2, -0.15) is 5.10 Å². The molecule has 202 valence electrons. The maximum absolute atomic E-state index is 13.1. The van der Waals surface area contributed by atoms with E-state index in [-0.39, 0.29) is 35.3 Å². The minimum Gasteiger partial charge on any atom is -0.481 e. The molecule has 12 heteroatoms. The van der Waals surface area contributed by atoms with Crippen LogP contribution in [0, 0.1) is 0 Å². The van der Waals surface area contributed by atoms with Gasteiger partial charge in [0.1, 0.15) is 5.75 Å². The normalized spacial score (nSPS) is 14.4. The van der Waals surface area contributed by atoms with Crippen molar-refractivity contribution in [1.29, 1.82) is 0 Å². The van der Waals surface area contributed by atoms with Crippen molar-refractivity contribution in [2.45, 2.75) is 38.2 Å². The minimum absolute atomic E-state index is 0.0699. The summed E-state index contributed by atoms with van der Waals surface area (Å²) in [6, 6.07) is 11.4. The monoisotopic (exact) mass is 540 g/mol. The minimum atomic E-state index is -4.85. The highest BCUT2D eigenvalue weighted by atomic mass is 19.4. The molecule has 0 unspecified atom stereocenters. The van der Waals surface area contributed by atoms with Crippen LogP contribution in [0.5, 0.6) is 11.6 Å². The van der Waals surface area contributed by atoms with Gasteiger partial charge in [0.2, 0.25) is 5.88 Å². The molecular formula is C27H24F3N5O4. The second kappa shape index (κ2) is 10.3. The number of fused-ring (bicyclic) bond motifs is 1. The molecular weight excluding hydrogens is 515 g/mol. The summed E-state index contributed by atoms with van der Waals surface area (Å²) in [6.07, 6.45) is -3.30. The molecule has 1 aliphatic rings. The second-order valence-electron chi connectivity index (χ2n) is 9.10. The summed E-state index contributed by atoms with van der Waals surface area (Å²) in [5.74, 6) is -1.22. The van der Waals surface area contributed by atoms with Crippen molar-refractivity contribution in [2.75, 3.05) is 7.11 Å². The standard InChI is InChI=1S/C27H24F3N5O4/c1-14(15-4-3-5-19(10-15)39-27(28,29)30)32-24(36)17-11-21(26(38-2)31-13-17)16-6-9-20-22(12-16)34-35-23(20)25(37)33-18-7-8-18/h3-6,9-14,18H,7-8H2,1-2H3,(H,32,36)(H,33,37)(H,34,35)/t14-/m1/s1/i13D. The third-order valence-corrected chi connectivity index (χ3v) is 6.18. The predicted octanol–water partition coefficient (Wildman–Crippen LogP) is 4.92. The van der Waals surface area contributed by atoms with Crippen LogP contribution >= 0.6 is 0 Å². The molecule has 1 aliphatic carbocycles. The van der Waals surface area contributed by atoms with Crippen molar-refractivity contribution < 1.29 is 33.6 Å². The number of carbonyl (C=O) groups excluding carboxylic acids is 2. The van der Waals surface area contributed by atoms with E-state index in [0.29, 0.717) is 27.6 Å².